The van der Waals surface area contributed by atoms with Gasteiger partial charge in [0.15, 0.2) is 5.58 Å². The molecule has 0 aliphatic rings. The first kappa shape index (κ1) is 22.3. The van der Waals surface area contributed by atoms with Gasteiger partial charge in [-0.3, -0.25) is 4.79 Å². The molecule has 0 aliphatic heterocycles. The van der Waals surface area contributed by atoms with Crippen molar-refractivity contribution in [3.63, 3.8) is 0 Å². The number of hydrogen-bond acceptors (Lipinski definition) is 6. The van der Waals surface area contributed by atoms with Crippen molar-refractivity contribution in [3.05, 3.63) is 64.0 Å². The Morgan fingerprint density at radius 1 is 1.12 bits per heavy atom. The van der Waals surface area contributed by atoms with Crippen molar-refractivity contribution in [1.82, 2.24) is 9.97 Å². The number of thiazole rings is 1. The van der Waals surface area contributed by atoms with Crippen molar-refractivity contribution in [2.75, 3.05) is 0 Å². The summed E-state index contributed by atoms with van der Waals surface area (Å²) >= 11 is 2.96. The fraction of sp³-hybridized carbons (Fsp3) is 0.227. The van der Waals surface area contributed by atoms with E-state index in [0.717, 1.165) is 33.2 Å². The van der Waals surface area contributed by atoms with Crippen LogP contribution in [0.3, 0.4) is 0 Å². The molecule has 4 aromatic rings. The van der Waals surface area contributed by atoms with Crippen molar-refractivity contribution in [3.8, 4) is 10.6 Å². The second-order valence-corrected chi connectivity index (χ2v) is 9.20. The number of carbonyl (C=O) groups is 1. The molecule has 0 atom stereocenters. The zero-order valence-electron chi connectivity index (χ0n) is 17.0. The maximum atomic E-state index is 12.8. The maximum Gasteiger partial charge on any atom is 0.416 e. The Labute approximate surface area is 189 Å². The average molecular weight is 479 g/mol. The fourth-order valence-electron chi connectivity index (χ4n) is 3.12. The van der Waals surface area contributed by atoms with E-state index in [0.29, 0.717) is 27.4 Å². The van der Waals surface area contributed by atoms with Gasteiger partial charge in [0.05, 0.1) is 16.2 Å². The molecule has 0 amide bonds. The zero-order valence-corrected chi connectivity index (χ0v) is 18.6. The summed E-state index contributed by atoms with van der Waals surface area (Å²) in [5, 5.41) is 9.64. The topological polar surface area (TPSA) is 76.2 Å². The molecule has 2 aromatic heterocycles. The highest BCUT2D eigenvalue weighted by molar-refractivity contribution is 7.99. The van der Waals surface area contributed by atoms with E-state index < -0.39 is 17.7 Å². The predicted molar refractivity (Wildman–Crippen MR) is 117 cm³/mol. The van der Waals surface area contributed by atoms with E-state index in [1.807, 2.05) is 19.9 Å². The van der Waals surface area contributed by atoms with Crippen LogP contribution in [0.2, 0.25) is 0 Å². The Hall–Kier alpha value is -2.85. The van der Waals surface area contributed by atoms with E-state index in [1.165, 1.54) is 35.2 Å². The Kier molecular flexibility index (Phi) is 6.00. The van der Waals surface area contributed by atoms with Gasteiger partial charge in [0.2, 0.25) is 5.89 Å². The molecule has 0 radical (unpaired) electrons. The predicted octanol–water partition coefficient (Wildman–Crippen LogP) is 6.51. The number of thioether (sulfide) groups is 1. The Morgan fingerprint density at radius 2 is 1.84 bits per heavy atom. The van der Waals surface area contributed by atoms with E-state index in [1.54, 1.807) is 6.07 Å². The third-order valence-corrected chi connectivity index (χ3v) is 7.37. The highest BCUT2D eigenvalue weighted by Gasteiger charge is 2.30. The molecule has 5 nitrogen and oxygen atoms in total. The largest absolute Gasteiger partial charge is 0.481 e. The van der Waals surface area contributed by atoms with Crippen LogP contribution < -0.4 is 0 Å². The summed E-state index contributed by atoms with van der Waals surface area (Å²) in [4.78, 5) is 21.6. The first-order valence-electron chi connectivity index (χ1n) is 9.49. The minimum absolute atomic E-state index is 0.151. The second-order valence-electron chi connectivity index (χ2n) is 7.13. The fourth-order valence-corrected chi connectivity index (χ4v) is 5.45. The van der Waals surface area contributed by atoms with Gasteiger partial charge in [0, 0.05) is 16.2 Å². The second kappa shape index (κ2) is 8.59. The normalized spacial score (nSPS) is 11.9. The minimum atomic E-state index is -4.37. The zero-order chi connectivity index (χ0) is 23.0. The molecule has 0 aliphatic carbocycles. The lowest BCUT2D eigenvalue weighted by Crippen LogP contribution is -2.03. The van der Waals surface area contributed by atoms with Crippen LogP contribution in [-0.4, -0.2) is 21.0 Å². The van der Waals surface area contributed by atoms with Gasteiger partial charge in [-0.15, -0.1) is 23.1 Å². The van der Waals surface area contributed by atoms with Crippen LogP contribution in [0.25, 0.3) is 21.7 Å². The first-order valence-corrected chi connectivity index (χ1v) is 11.3. The summed E-state index contributed by atoms with van der Waals surface area (Å²) in [5.41, 5.74) is 2.88. The number of nitrogens with zero attached hydrogens (tertiary/aromatic N) is 2. The number of carboxylic acid groups (broad SMARTS) is 1. The third-order valence-electron chi connectivity index (χ3n) is 4.76. The number of rotatable bonds is 6. The average Bonchev–Trinajstić information content (AvgIpc) is 3.29. The Balaban J connectivity index is 1.57. The molecule has 32 heavy (non-hydrogen) atoms. The summed E-state index contributed by atoms with van der Waals surface area (Å²) in [7, 11) is 0. The lowest BCUT2D eigenvalue weighted by atomic mass is 10.1. The molecule has 10 heteroatoms. The van der Waals surface area contributed by atoms with E-state index in [-0.39, 0.29) is 12.3 Å². The SMILES string of the molecule is Cc1ccc2nc(CC(=O)O)oc2c1SCc1sc(-c2ccc(C(F)(F)F)cc2)nc1C. The molecule has 2 heterocycles. The summed E-state index contributed by atoms with van der Waals surface area (Å²) in [6, 6.07) is 8.68. The Morgan fingerprint density at radius 3 is 2.50 bits per heavy atom. The molecule has 166 valence electrons. The number of halogens is 3. The number of carboxylic acids is 1. The van der Waals surface area contributed by atoms with E-state index in [9.17, 15) is 18.0 Å². The van der Waals surface area contributed by atoms with Crippen LogP contribution in [0.1, 0.15) is 27.6 Å². The van der Waals surface area contributed by atoms with Gasteiger partial charge < -0.3 is 9.52 Å². The van der Waals surface area contributed by atoms with Crippen molar-refractivity contribution >= 4 is 40.2 Å². The van der Waals surface area contributed by atoms with Crippen LogP contribution in [0, 0.1) is 13.8 Å². The number of benzene rings is 2. The summed E-state index contributed by atoms with van der Waals surface area (Å²) in [6.07, 6.45) is -4.66. The van der Waals surface area contributed by atoms with Crippen molar-refractivity contribution in [1.29, 1.82) is 0 Å². The van der Waals surface area contributed by atoms with Gasteiger partial charge in [-0.2, -0.15) is 13.2 Å². The third kappa shape index (κ3) is 4.66. The van der Waals surface area contributed by atoms with Crippen LogP contribution >= 0.6 is 23.1 Å². The number of fused-ring (bicyclic) bond motifs is 1. The van der Waals surface area contributed by atoms with Gasteiger partial charge in [-0.25, -0.2) is 9.97 Å². The summed E-state index contributed by atoms with van der Waals surface area (Å²) < 4.78 is 44.1. The van der Waals surface area contributed by atoms with Gasteiger partial charge in [0.25, 0.3) is 0 Å². The molecule has 0 spiro atoms. The van der Waals surface area contributed by atoms with Crippen molar-refractivity contribution < 1.29 is 27.5 Å². The molecule has 0 unspecified atom stereocenters. The van der Waals surface area contributed by atoms with E-state index in [4.69, 9.17) is 9.52 Å². The summed E-state index contributed by atoms with van der Waals surface area (Å²) in [6.45, 7) is 3.81. The van der Waals surface area contributed by atoms with Gasteiger partial charge in [0.1, 0.15) is 16.9 Å². The number of aromatic nitrogens is 2. The van der Waals surface area contributed by atoms with Crippen LogP contribution in [0.4, 0.5) is 13.2 Å². The molecule has 2 aromatic carbocycles. The number of aryl methyl sites for hydroxylation is 2. The lowest BCUT2D eigenvalue weighted by molar-refractivity contribution is -0.138. The number of aliphatic carboxylic acids is 1. The molecular formula is C22H17F3N2O3S2. The highest BCUT2D eigenvalue weighted by Crippen LogP contribution is 2.38. The quantitative estimate of drug-likeness (QED) is 0.319. The van der Waals surface area contributed by atoms with Crippen LogP contribution in [-0.2, 0) is 23.1 Å². The number of hydrogen-bond donors (Lipinski definition) is 1. The highest BCUT2D eigenvalue weighted by atomic mass is 32.2. The van der Waals surface area contributed by atoms with Gasteiger partial charge in [-0.1, -0.05) is 18.2 Å². The van der Waals surface area contributed by atoms with Gasteiger partial charge >= 0.3 is 12.1 Å². The minimum Gasteiger partial charge on any atom is -0.481 e. The molecule has 0 bridgehead atoms. The molecule has 0 saturated carbocycles. The smallest absolute Gasteiger partial charge is 0.416 e. The van der Waals surface area contributed by atoms with Crippen LogP contribution in [0.15, 0.2) is 45.7 Å². The van der Waals surface area contributed by atoms with Crippen molar-refractivity contribution in [2.24, 2.45) is 0 Å². The maximum absolute atomic E-state index is 12.8. The van der Waals surface area contributed by atoms with Crippen molar-refractivity contribution in [2.45, 2.75) is 37.1 Å². The standard InChI is InChI=1S/C22H17F3N2O3S2/c1-11-3-8-15-19(30-17(27-15)9-18(28)29)20(11)31-10-16-12(2)26-21(32-16)13-4-6-14(7-5-13)22(23,24)25/h3-8H,9-10H2,1-2H3,(H,28,29). The first-order chi connectivity index (χ1) is 15.1. The van der Waals surface area contributed by atoms with E-state index >= 15 is 0 Å². The Bertz CT molecular complexity index is 1290. The lowest BCUT2D eigenvalue weighted by Gasteiger charge is -2.06. The molecule has 0 fully saturated rings. The van der Waals surface area contributed by atoms with E-state index in [2.05, 4.69) is 9.97 Å². The number of alkyl halides is 3. The molecule has 0 saturated heterocycles. The molecule has 4 rings (SSSR count). The van der Waals surface area contributed by atoms with Crippen LogP contribution in [0.5, 0.6) is 0 Å². The summed E-state index contributed by atoms with van der Waals surface area (Å²) in [5.74, 6) is -0.281. The number of oxazole rings is 1. The monoisotopic (exact) mass is 478 g/mol. The molecular weight excluding hydrogens is 461 g/mol. The van der Waals surface area contributed by atoms with Gasteiger partial charge in [-0.05, 0) is 37.6 Å². The molecule has 1 N–H and O–H groups in total.